The van der Waals surface area contributed by atoms with Gasteiger partial charge in [0.2, 0.25) is 0 Å². The van der Waals surface area contributed by atoms with Crippen molar-refractivity contribution in [1.29, 1.82) is 0 Å². The van der Waals surface area contributed by atoms with E-state index in [0.29, 0.717) is 30.7 Å². The topological polar surface area (TPSA) is 68.9 Å². The molecule has 2 aromatic rings. The standard InChI is InChI=1S/C17H20ClN3O2/c1-22-12-13-4-2-3-5-16(13)21-17(19)20-10-11-23-15-8-6-14(18)7-9-15/h2-9H,10-12H2,1H3,(H3,19,20,21). The number of ether oxygens (including phenoxy) is 2. The van der Waals surface area contributed by atoms with Gasteiger partial charge in [0.15, 0.2) is 5.96 Å². The van der Waals surface area contributed by atoms with Crippen LogP contribution in [0.15, 0.2) is 53.5 Å². The molecule has 0 aromatic heterocycles. The second kappa shape index (κ2) is 9.02. The lowest BCUT2D eigenvalue weighted by atomic mass is 10.2. The van der Waals surface area contributed by atoms with Gasteiger partial charge in [-0.05, 0) is 30.3 Å². The fraction of sp³-hybridized carbons (Fsp3) is 0.235. The molecule has 3 N–H and O–H groups in total. The molecule has 0 saturated heterocycles. The number of hydrogen-bond acceptors (Lipinski definition) is 3. The van der Waals surface area contributed by atoms with Gasteiger partial charge >= 0.3 is 0 Å². The van der Waals surface area contributed by atoms with Crippen molar-refractivity contribution in [2.45, 2.75) is 6.61 Å². The van der Waals surface area contributed by atoms with Gasteiger partial charge in [0.05, 0.1) is 13.2 Å². The van der Waals surface area contributed by atoms with Crippen molar-refractivity contribution in [3.05, 3.63) is 59.1 Å². The van der Waals surface area contributed by atoms with Crippen LogP contribution in [0.25, 0.3) is 0 Å². The summed E-state index contributed by atoms with van der Waals surface area (Å²) in [5, 5.41) is 3.76. The normalized spacial score (nSPS) is 11.3. The summed E-state index contributed by atoms with van der Waals surface area (Å²) in [6.45, 7) is 1.40. The zero-order valence-electron chi connectivity index (χ0n) is 13.0. The molecule has 0 aliphatic rings. The predicted octanol–water partition coefficient (Wildman–Crippen LogP) is 3.29. The number of para-hydroxylation sites is 1. The van der Waals surface area contributed by atoms with Gasteiger partial charge in [0.25, 0.3) is 0 Å². The van der Waals surface area contributed by atoms with Crippen LogP contribution in [0.2, 0.25) is 5.02 Å². The van der Waals surface area contributed by atoms with Crippen LogP contribution in [0.5, 0.6) is 5.75 Å². The number of methoxy groups -OCH3 is 1. The number of rotatable bonds is 7. The Bertz CT molecular complexity index is 645. The van der Waals surface area contributed by atoms with Crippen molar-refractivity contribution in [1.82, 2.24) is 0 Å². The van der Waals surface area contributed by atoms with Gasteiger partial charge in [0.1, 0.15) is 12.4 Å². The summed E-state index contributed by atoms with van der Waals surface area (Å²) in [6.07, 6.45) is 0. The van der Waals surface area contributed by atoms with Crippen molar-refractivity contribution < 1.29 is 9.47 Å². The lowest BCUT2D eigenvalue weighted by molar-refractivity contribution is 0.185. The summed E-state index contributed by atoms with van der Waals surface area (Å²) in [7, 11) is 1.66. The minimum absolute atomic E-state index is 0.341. The zero-order valence-corrected chi connectivity index (χ0v) is 13.7. The molecule has 2 rings (SSSR count). The molecule has 122 valence electrons. The number of nitrogens with two attached hydrogens (primary N) is 1. The highest BCUT2D eigenvalue weighted by molar-refractivity contribution is 6.30. The molecule has 6 heteroatoms. The van der Waals surface area contributed by atoms with Gasteiger partial charge in [-0.1, -0.05) is 29.8 Å². The maximum Gasteiger partial charge on any atom is 0.193 e. The molecule has 0 heterocycles. The van der Waals surface area contributed by atoms with Crippen LogP contribution in [-0.4, -0.2) is 26.2 Å². The number of aliphatic imine (C=N–C) groups is 1. The lowest BCUT2D eigenvalue weighted by Gasteiger charge is -2.11. The van der Waals surface area contributed by atoms with E-state index in [-0.39, 0.29) is 0 Å². The molecule has 0 aliphatic heterocycles. The predicted molar refractivity (Wildman–Crippen MR) is 94.2 cm³/mol. The molecule has 0 bridgehead atoms. The van der Waals surface area contributed by atoms with Crippen LogP contribution in [0.3, 0.4) is 0 Å². The Balaban J connectivity index is 1.82. The van der Waals surface area contributed by atoms with Crippen molar-refractivity contribution in [3.8, 4) is 5.75 Å². The Hall–Kier alpha value is -2.24. The van der Waals surface area contributed by atoms with E-state index in [0.717, 1.165) is 17.0 Å². The van der Waals surface area contributed by atoms with Crippen LogP contribution in [-0.2, 0) is 11.3 Å². The highest BCUT2D eigenvalue weighted by Crippen LogP contribution is 2.16. The van der Waals surface area contributed by atoms with Crippen LogP contribution < -0.4 is 15.8 Å². The molecule has 0 saturated carbocycles. The zero-order chi connectivity index (χ0) is 16.5. The van der Waals surface area contributed by atoms with Gasteiger partial charge in [0, 0.05) is 23.4 Å². The number of benzene rings is 2. The number of anilines is 1. The third kappa shape index (κ3) is 5.81. The highest BCUT2D eigenvalue weighted by Gasteiger charge is 2.02. The Morgan fingerprint density at radius 3 is 2.65 bits per heavy atom. The fourth-order valence-electron chi connectivity index (χ4n) is 1.96. The molecule has 0 amide bonds. The van der Waals surface area contributed by atoms with Crippen LogP contribution >= 0.6 is 11.6 Å². The maximum absolute atomic E-state index is 5.90. The first-order valence-corrected chi connectivity index (χ1v) is 7.59. The first-order valence-electron chi connectivity index (χ1n) is 7.21. The number of guanidine groups is 1. The number of halogens is 1. The Morgan fingerprint density at radius 2 is 1.91 bits per heavy atom. The summed E-state index contributed by atoms with van der Waals surface area (Å²) in [5.41, 5.74) is 7.80. The number of nitrogens with one attached hydrogen (secondary N) is 1. The third-order valence-electron chi connectivity index (χ3n) is 3.04. The van der Waals surface area contributed by atoms with E-state index in [9.17, 15) is 0 Å². The van der Waals surface area contributed by atoms with Gasteiger partial charge in [-0.2, -0.15) is 0 Å². The second-order valence-electron chi connectivity index (χ2n) is 4.78. The van der Waals surface area contributed by atoms with Gasteiger partial charge in [-0.15, -0.1) is 0 Å². The first-order chi connectivity index (χ1) is 11.2. The SMILES string of the molecule is COCc1ccccc1NC(N)=NCCOc1ccc(Cl)cc1. The average molecular weight is 334 g/mol. The van der Waals surface area contributed by atoms with E-state index in [4.69, 9.17) is 26.8 Å². The number of nitrogens with zero attached hydrogens (tertiary/aromatic N) is 1. The minimum atomic E-state index is 0.341. The smallest absolute Gasteiger partial charge is 0.193 e. The van der Waals surface area contributed by atoms with Crippen LogP contribution in [0, 0.1) is 0 Å². The maximum atomic E-state index is 5.90. The molecule has 0 atom stereocenters. The molecule has 0 unspecified atom stereocenters. The average Bonchev–Trinajstić information content (AvgIpc) is 2.55. The summed E-state index contributed by atoms with van der Waals surface area (Å²) in [6, 6.07) is 15.0. The fourth-order valence-corrected chi connectivity index (χ4v) is 2.09. The van der Waals surface area contributed by atoms with Crippen LogP contribution in [0.1, 0.15) is 5.56 Å². The first kappa shape index (κ1) is 17.1. The molecule has 0 fully saturated rings. The quantitative estimate of drug-likeness (QED) is 0.463. The van der Waals surface area contributed by atoms with E-state index in [1.54, 1.807) is 19.2 Å². The van der Waals surface area contributed by atoms with E-state index < -0.39 is 0 Å². The Labute approximate surface area is 141 Å². The van der Waals surface area contributed by atoms with E-state index in [1.165, 1.54) is 0 Å². The number of hydrogen-bond donors (Lipinski definition) is 2. The monoisotopic (exact) mass is 333 g/mol. The summed E-state index contributed by atoms with van der Waals surface area (Å²) in [4.78, 5) is 4.24. The highest BCUT2D eigenvalue weighted by atomic mass is 35.5. The molecule has 2 aromatic carbocycles. The molecular formula is C17H20ClN3O2. The Morgan fingerprint density at radius 1 is 1.17 bits per heavy atom. The summed E-state index contributed by atoms with van der Waals surface area (Å²) in [5.74, 6) is 1.09. The van der Waals surface area contributed by atoms with Gasteiger partial charge in [-0.3, -0.25) is 0 Å². The molecule has 23 heavy (non-hydrogen) atoms. The van der Waals surface area contributed by atoms with E-state index in [2.05, 4.69) is 10.3 Å². The van der Waals surface area contributed by atoms with Crippen LogP contribution in [0.4, 0.5) is 5.69 Å². The van der Waals surface area contributed by atoms with E-state index >= 15 is 0 Å². The molecule has 0 spiro atoms. The second-order valence-corrected chi connectivity index (χ2v) is 5.22. The van der Waals surface area contributed by atoms with E-state index in [1.807, 2.05) is 36.4 Å². The van der Waals surface area contributed by atoms with Crippen molar-refractivity contribution in [3.63, 3.8) is 0 Å². The lowest BCUT2D eigenvalue weighted by Crippen LogP contribution is -2.24. The summed E-state index contributed by atoms with van der Waals surface area (Å²) >= 11 is 5.82. The van der Waals surface area contributed by atoms with Gasteiger partial charge < -0.3 is 20.5 Å². The van der Waals surface area contributed by atoms with Crippen molar-refractivity contribution >= 4 is 23.2 Å². The van der Waals surface area contributed by atoms with Crippen molar-refractivity contribution in [2.24, 2.45) is 10.7 Å². The summed E-state index contributed by atoms with van der Waals surface area (Å²) < 4.78 is 10.7. The van der Waals surface area contributed by atoms with Gasteiger partial charge in [-0.25, -0.2) is 4.99 Å². The molecule has 0 aliphatic carbocycles. The third-order valence-corrected chi connectivity index (χ3v) is 3.29. The Kier molecular flexibility index (Phi) is 6.72. The molecule has 5 nitrogen and oxygen atoms in total. The van der Waals surface area contributed by atoms with Crippen molar-refractivity contribution in [2.75, 3.05) is 25.6 Å². The largest absolute Gasteiger partial charge is 0.492 e. The minimum Gasteiger partial charge on any atom is -0.492 e. The molecule has 0 radical (unpaired) electrons. The molecular weight excluding hydrogens is 314 g/mol.